The first-order chi connectivity index (χ1) is 9.74. The lowest BCUT2D eigenvalue weighted by Crippen LogP contribution is -2.51. The van der Waals surface area contributed by atoms with Crippen LogP contribution in [0.15, 0.2) is 0 Å². The molecule has 118 valence electrons. The number of ether oxygens (including phenoxy) is 2. The quantitative estimate of drug-likeness (QED) is 0.656. The van der Waals surface area contributed by atoms with E-state index < -0.39 is 0 Å². The molecule has 0 aromatic rings. The predicted octanol–water partition coefficient (Wildman–Crippen LogP) is 1.89. The molecule has 1 aliphatic heterocycles. The largest absolute Gasteiger partial charge is 0.382 e. The van der Waals surface area contributed by atoms with Crippen LogP contribution in [0.1, 0.15) is 39.0 Å². The molecule has 4 heteroatoms. The second-order valence-corrected chi connectivity index (χ2v) is 6.56. The van der Waals surface area contributed by atoms with E-state index >= 15 is 0 Å². The van der Waals surface area contributed by atoms with Crippen LogP contribution in [-0.2, 0) is 9.47 Å². The Balaban J connectivity index is 1.59. The smallest absolute Gasteiger partial charge is 0.0700 e. The summed E-state index contributed by atoms with van der Waals surface area (Å²) in [5.41, 5.74) is 0.367. The zero-order valence-electron chi connectivity index (χ0n) is 13.3. The third-order valence-corrected chi connectivity index (χ3v) is 4.66. The van der Waals surface area contributed by atoms with Crippen molar-refractivity contribution in [1.29, 1.82) is 0 Å². The second kappa shape index (κ2) is 8.32. The van der Waals surface area contributed by atoms with Gasteiger partial charge < -0.3 is 19.7 Å². The predicted molar refractivity (Wildman–Crippen MR) is 82.1 cm³/mol. The molecule has 0 aromatic heterocycles. The van der Waals surface area contributed by atoms with Crippen LogP contribution in [0.25, 0.3) is 0 Å². The lowest BCUT2D eigenvalue weighted by atomic mass is 9.95. The molecule has 0 spiro atoms. The number of hydrogen-bond donors (Lipinski definition) is 1. The van der Waals surface area contributed by atoms with E-state index in [4.69, 9.17) is 9.47 Å². The van der Waals surface area contributed by atoms with Gasteiger partial charge >= 0.3 is 0 Å². The fourth-order valence-corrected chi connectivity index (χ4v) is 3.24. The third-order valence-electron chi connectivity index (χ3n) is 4.66. The number of methoxy groups -OCH3 is 1. The lowest BCUT2D eigenvalue weighted by Gasteiger charge is -2.34. The van der Waals surface area contributed by atoms with Crippen molar-refractivity contribution in [2.75, 3.05) is 53.1 Å². The average molecular weight is 284 g/mol. The van der Waals surface area contributed by atoms with Crippen LogP contribution < -0.4 is 5.32 Å². The van der Waals surface area contributed by atoms with E-state index in [0.29, 0.717) is 12.1 Å². The van der Waals surface area contributed by atoms with E-state index in [1.165, 1.54) is 51.9 Å². The fourth-order valence-electron chi connectivity index (χ4n) is 3.24. The molecular weight excluding hydrogens is 252 g/mol. The first kappa shape index (κ1) is 16.2. The molecule has 1 saturated heterocycles. The summed E-state index contributed by atoms with van der Waals surface area (Å²) in [7, 11) is 1.72. The number of hydrogen-bond acceptors (Lipinski definition) is 4. The molecule has 1 aliphatic carbocycles. The van der Waals surface area contributed by atoms with Crippen LogP contribution in [0.3, 0.4) is 0 Å². The van der Waals surface area contributed by atoms with Crippen LogP contribution in [0.2, 0.25) is 0 Å². The van der Waals surface area contributed by atoms with Crippen LogP contribution in [0.5, 0.6) is 0 Å². The summed E-state index contributed by atoms with van der Waals surface area (Å²) < 4.78 is 10.5. The molecule has 2 aliphatic rings. The Bertz CT molecular complexity index is 271. The van der Waals surface area contributed by atoms with Crippen molar-refractivity contribution in [3.8, 4) is 0 Å². The van der Waals surface area contributed by atoms with Gasteiger partial charge in [0.2, 0.25) is 0 Å². The van der Waals surface area contributed by atoms with Gasteiger partial charge in [0.1, 0.15) is 0 Å². The zero-order valence-corrected chi connectivity index (χ0v) is 13.3. The Kier molecular flexibility index (Phi) is 6.75. The minimum absolute atomic E-state index is 0.367. The number of nitrogens with zero attached hydrogens (tertiary/aromatic N) is 1. The minimum atomic E-state index is 0.367. The first-order valence-corrected chi connectivity index (χ1v) is 8.29. The van der Waals surface area contributed by atoms with Crippen molar-refractivity contribution in [3.63, 3.8) is 0 Å². The standard InChI is InChI=1S/C16H32N2O2/c1-16(15-6-7-15)14-18(10-5-8-17-16)9-3-4-11-20-13-12-19-2/h15,17H,3-14H2,1-2H3. The van der Waals surface area contributed by atoms with Gasteiger partial charge in [-0.2, -0.15) is 0 Å². The van der Waals surface area contributed by atoms with Crippen LogP contribution in [0.4, 0.5) is 0 Å². The van der Waals surface area contributed by atoms with E-state index in [-0.39, 0.29) is 0 Å². The molecule has 4 nitrogen and oxygen atoms in total. The van der Waals surface area contributed by atoms with Crippen molar-refractivity contribution >= 4 is 0 Å². The topological polar surface area (TPSA) is 33.7 Å². The highest BCUT2D eigenvalue weighted by molar-refractivity contribution is 5.00. The van der Waals surface area contributed by atoms with Crippen molar-refractivity contribution < 1.29 is 9.47 Å². The molecule has 0 bridgehead atoms. The molecule has 0 aromatic carbocycles. The molecule has 2 fully saturated rings. The Hall–Kier alpha value is -0.160. The summed E-state index contributed by atoms with van der Waals surface area (Å²) in [5.74, 6) is 0.917. The molecule has 1 saturated carbocycles. The molecular formula is C16H32N2O2. The van der Waals surface area contributed by atoms with Gasteiger partial charge in [-0.1, -0.05) is 0 Å². The maximum Gasteiger partial charge on any atom is 0.0700 e. The van der Waals surface area contributed by atoms with E-state index in [0.717, 1.165) is 25.6 Å². The van der Waals surface area contributed by atoms with Gasteiger partial charge in [-0.15, -0.1) is 0 Å². The number of nitrogens with one attached hydrogen (secondary N) is 1. The normalized spacial score (nSPS) is 28.5. The monoisotopic (exact) mass is 284 g/mol. The van der Waals surface area contributed by atoms with Gasteiger partial charge in [-0.05, 0) is 64.6 Å². The van der Waals surface area contributed by atoms with Gasteiger partial charge in [-0.3, -0.25) is 0 Å². The average Bonchev–Trinajstić information content (AvgIpc) is 3.26. The number of unbranched alkanes of at least 4 members (excludes halogenated alkanes) is 1. The van der Waals surface area contributed by atoms with Gasteiger partial charge in [-0.25, -0.2) is 0 Å². The summed E-state index contributed by atoms with van der Waals surface area (Å²) in [6.07, 6.45) is 6.53. The van der Waals surface area contributed by atoms with E-state index in [2.05, 4.69) is 17.1 Å². The van der Waals surface area contributed by atoms with Gasteiger partial charge in [0.05, 0.1) is 13.2 Å². The molecule has 20 heavy (non-hydrogen) atoms. The van der Waals surface area contributed by atoms with Crippen molar-refractivity contribution in [2.24, 2.45) is 5.92 Å². The molecule has 1 N–H and O–H groups in total. The Labute approximate surface area is 124 Å². The summed E-state index contributed by atoms with van der Waals surface area (Å²) in [6, 6.07) is 0. The minimum Gasteiger partial charge on any atom is -0.382 e. The van der Waals surface area contributed by atoms with E-state index in [9.17, 15) is 0 Å². The lowest BCUT2D eigenvalue weighted by molar-refractivity contribution is 0.0673. The summed E-state index contributed by atoms with van der Waals surface area (Å²) in [5, 5.41) is 3.79. The summed E-state index contributed by atoms with van der Waals surface area (Å²) >= 11 is 0. The van der Waals surface area contributed by atoms with E-state index in [1.807, 2.05) is 0 Å². The molecule has 1 heterocycles. The van der Waals surface area contributed by atoms with E-state index in [1.54, 1.807) is 7.11 Å². The Morgan fingerprint density at radius 1 is 1.20 bits per heavy atom. The molecule has 0 radical (unpaired) electrons. The number of rotatable bonds is 9. The Morgan fingerprint density at radius 3 is 2.80 bits per heavy atom. The van der Waals surface area contributed by atoms with Crippen LogP contribution in [-0.4, -0.2) is 63.5 Å². The van der Waals surface area contributed by atoms with Crippen molar-refractivity contribution in [3.05, 3.63) is 0 Å². The first-order valence-electron chi connectivity index (χ1n) is 8.29. The van der Waals surface area contributed by atoms with Crippen LogP contribution in [0, 0.1) is 5.92 Å². The van der Waals surface area contributed by atoms with Crippen molar-refractivity contribution in [1.82, 2.24) is 10.2 Å². The maximum atomic E-state index is 5.52. The Morgan fingerprint density at radius 2 is 2.05 bits per heavy atom. The molecule has 1 atom stereocenters. The summed E-state index contributed by atoms with van der Waals surface area (Å²) in [6.45, 7) is 9.61. The third kappa shape index (κ3) is 5.32. The fraction of sp³-hybridized carbons (Fsp3) is 1.00. The van der Waals surface area contributed by atoms with Crippen LogP contribution >= 0.6 is 0 Å². The van der Waals surface area contributed by atoms with Crippen molar-refractivity contribution in [2.45, 2.75) is 44.6 Å². The SMILES string of the molecule is COCCOCCCCN1CCCNC(C)(C2CC2)C1. The zero-order chi connectivity index (χ0) is 14.3. The molecule has 1 unspecified atom stereocenters. The highest BCUT2D eigenvalue weighted by atomic mass is 16.5. The summed E-state index contributed by atoms with van der Waals surface area (Å²) in [4.78, 5) is 2.66. The maximum absolute atomic E-state index is 5.52. The van der Waals surface area contributed by atoms with Gasteiger partial charge in [0.15, 0.2) is 0 Å². The van der Waals surface area contributed by atoms with Gasteiger partial charge in [0, 0.05) is 25.8 Å². The molecule has 2 rings (SSSR count). The second-order valence-electron chi connectivity index (χ2n) is 6.56. The van der Waals surface area contributed by atoms with Gasteiger partial charge in [0.25, 0.3) is 0 Å². The molecule has 0 amide bonds. The highest BCUT2D eigenvalue weighted by Crippen LogP contribution is 2.40. The highest BCUT2D eigenvalue weighted by Gasteiger charge is 2.42.